The first-order chi connectivity index (χ1) is 5.77. The Morgan fingerprint density at radius 2 is 2.33 bits per heavy atom. The summed E-state index contributed by atoms with van der Waals surface area (Å²) >= 11 is 0. The zero-order valence-electron chi connectivity index (χ0n) is 6.88. The standard InChI is InChI=1S/C9H10FNO/c1-6-8(12-7-2-3-7)4-5-11-9(6)10/h4-5,7H,2-3H2,1H3. The van der Waals surface area contributed by atoms with Gasteiger partial charge in [0.2, 0.25) is 5.95 Å². The summed E-state index contributed by atoms with van der Waals surface area (Å²) < 4.78 is 18.3. The molecule has 0 aromatic carbocycles. The Morgan fingerprint density at radius 1 is 1.58 bits per heavy atom. The van der Waals surface area contributed by atoms with Gasteiger partial charge in [-0.25, -0.2) is 4.98 Å². The van der Waals surface area contributed by atoms with Crippen LogP contribution in [0.4, 0.5) is 4.39 Å². The van der Waals surface area contributed by atoms with Gasteiger partial charge in [-0.3, -0.25) is 0 Å². The van der Waals surface area contributed by atoms with E-state index in [1.165, 1.54) is 6.20 Å². The summed E-state index contributed by atoms with van der Waals surface area (Å²) in [4.78, 5) is 3.52. The number of nitrogens with zero attached hydrogens (tertiary/aromatic N) is 1. The van der Waals surface area contributed by atoms with Gasteiger partial charge in [-0.2, -0.15) is 4.39 Å². The second-order valence-electron chi connectivity index (χ2n) is 3.04. The van der Waals surface area contributed by atoms with Gasteiger partial charge in [0.05, 0.1) is 6.10 Å². The molecule has 1 heterocycles. The monoisotopic (exact) mass is 167 g/mol. The third-order valence-corrected chi connectivity index (χ3v) is 1.91. The van der Waals surface area contributed by atoms with Crippen LogP contribution < -0.4 is 4.74 Å². The Hall–Kier alpha value is -1.12. The zero-order valence-corrected chi connectivity index (χ0v) is 6.88. The molecule has 64 valence electrons. The fraction of sp³-hybridized carbons (Fsp3) is 0.444. The van der Waals surface area contributed by atoms with Crippen LogP contribution in [0.1, 0.15) is 18.4 Å². The molecule has 0 atom stereocenters. The van der Waals surface area contributed by atoms with Gasteiger partial charge in [-0.15, -0.1) is 0 Å². The van der Waals surface area contributed by atoms with Crippen molar-refractivity contribution < 1.29 is 9.13 Å². The van der Waals surface area contributed by atoms with Crippen molar-refractivity contribution in [1.29, 1.82) is 0 Å². The van der Waals surface area contributed by atoms with Crippen LogP contribution in [0.3, 0.4) is 0 Å². The minimum absolute atomic E-state index is 0.311. The molecule has 12 heavy (non-hydrogen) atoms. The Balaban J connectivity index is 2.23. The van der Waals surface area contributed by atoms with Gasteiger partial charge in [0.25, 0.3) is 0 Å². The number of aromatic nitrogens is 1. The summed E-state index contributed by atoms with van der Waals surface area (Å²) in [5, 5.41) is 0. The van der Waals surface area contributed by atoms with Crippen LogP contribution in [0, 0.1) is 12.9 Å². The first kappa shape index (κ1) is 7.53. The van der Waals surface area contributed by atoms with Crippen LogP contribution in [0.25, 0.3) is 0 Å². The molecule has 1 aromatic rings. The summed E-state index contributed by atoms with van der Waals surface area (Å²) in [6.45, 7) is 1.68. The van der Waals surface area contributed by atoms with Crippen molar-refractivity contribution in [3.05, 3.63) is 23.8 Å². The molecule has 0 N–H and O–H groups in total. The number of halogens is 1. The molecule has 0 spiro atoms. The first-order valence-corrected chi connectivity index (χ1v) is 4.05. The van der Waals surface area contributed by atoms with E-state index >= 15 is 0 Å². The first-order valence-electron chi connectivity index (χ1n) is 4.05. The fourth-order valence-corrected chi connectivity index (χ4v) is 0.987. The van der Waals surface area contributed by atoms with Crippen molar-refractivity contribution in [3.8, 4) is 5.75 Å². The lowest BCUT2D eigenvalue weighted by atomic mass is 10.3. The van der Waals surface area contributed by atoms with Crippen molar-refractivity contribution in [2.75, 3.05) is 0 Å². The lowest BCUT2D eigenvalue weighted by Crippen LogP contribution is -2.00. The van der Waals surface area contributed by atoms with E-state index in [1.807, 2.05) is 0 Å². The maximum atomic E-state index is 12.9. The molecule has 1 aromatic heterocycles. The maximum Gasteiger partial charge on any atom is 0.219 e. The Kier molecular flexibility index (Phi) is 1.71. The minimum atomic E-state index is -0.437. The minimum Gasteiger partial charge on any atom is -0.490 e. The average Bonchev–Trinajstić information content (AvgIpc) is 2.83. The normalized spacial score (nSPS) is 16.2. The third kappa shape index (κ3) is 1.40. The quantitative estimate of drug-likeness (QED) is 0.629. The van der Waals surface area contributed by atoms with E-state index in [1.54, 1.807) is 13.0 Å². The zero-order chi connectivity index (χ0) is 8.55. The second kappa shape index (κ2) is 2.73. The molecule has 0 amide bonds. The van der Waals surface area contributed by atoms with Crippen LogP contribution in [-0.4, -0.2) is 11.1 Å². The lowest BCUT2D eigenvalue weighted by Gasteiger charge is -2.06. The number of hydrogen-bond acceptors (Lipinski definition) is 2. The van der Waals surface area contributed by atoms with Crippen LogP contribution in [0.15, 0.2) is 12.3 Å². The molecule has 1 aliphatic carbocycles. The molecular formula is C9H10FNO. The van der Waals surface area contributed by atoms with Gasteiger partial charge in [0.15, 0.2) is 0 Å². The van der Waals surface area contributed by atoms with Crippen molar-refractivity contribution in [3.63, 3.8) is 0 Å². The number of hydrogen-bond donors (Lipinski definition) is 0. The molecule has 0 saturated heterocycles. The molecule has 0 aliphatic heterocycles. The van der Waals surface area contributed by atoms with E-state index in [0.717, 1.165) is 12.8 Å². The van der Waals surface area contributed by atoms with Gasteiger partial charge in [-0.05, 0) is 25.8 Å². The van der Waals surface area contributed by atoms with Crippen molar-refractivity contribution in [1.82, 2.24) is 4.98 Å². The van der Waals surface area contributed by atoms with Gasteiger partial charge in [0.1, 0.15) is 5.75 Å². The average molecular weight is 167 g/mol. The highest BCUT2D eigenvalue weighted by Crippen LogP contribution is 2.28. The molecule has 1 aliphatic rings. The Morgan fingerprint density at radius 3 is 3.00 bits per heavy atom. The lowest BCUT2D eigenvalue weighted by molar-refractivity contribution is 0.298. The third-order valence-electron chi connectivity index (χ3n) is 1.91. The van der Waals surface area contributed by atoms with E-state index < -0.39 is 5.95 Å². The van der Waals surface area contributed by atoms with Crippen LogP contribution in [-0.2, 0) is 0 Å². The molecule has 0 unspecified atom stereocenters. The Bertz CT molecular complexity index is 297. The van der Waals surface area contributed by atoms with Gasteiger partial charge < -0.3 is 4.74 Å². The highest BCUT2D eigenvalue weighted by molar-refractivity contribution is 5.30. The molecule has 0 bridgehead atoms. The topological polar surface area (TPSA) is 22.1 Å². The molecular weight excluding hydrogens is 157 g/mol. The van der Waals surface area contributed by atoms with Crippen LogP contribution in [0.2, 0.25) is 0 Å². The highest BCUT2D eigenvalue weighted by Gasteiger charge is 2.24. The molecule has 0 radical (unpaired) electrons. The fourth-order valence-electron chi connectivity index (χ4n) is 0.987. The van der Waals surface area contributed by atoms with E-state index in [0.29, 0.717) is 17.4 Å². The predicted octanol–water partition coefficient (Wildman–Crippen LogP) is 2.07. The molecule has 3 heteroatoms. The number of pyridine rings is 1. The molecule has 2 nitrogen and oxygen atoms in total. The second-order valence-corrected chi connectivity index (χ2v) is 3.04. The van der Waals surface area contributed by atoms with Gasteiger partial charge in [0, 0.05) is 11.8 Å². The summed E-state index contributed by atoms with van der Waals surface area (Å²) in [5.74, 6) is 0.193. The maximum absolute atomic E-state index is 12.9. The Labute approximate surface area is 70.4 Å². The summed E-state index contributed by atoms with van der Waals surface area (Å²) in [7, 11) is 0. The molecule has 2 rings (SSSR count). The van der Waals surface area contributed by atoms with Crippen molar-refractivity contribution >= 4 is 0 Å². The van der Waals surface area contributed by atoms with Gasteiger partial charge >= 0.3 is 0 Å². The SMILES string of the molecule is Cc1c(OC2CC2)ccnc1F. The summed E-state index contributed by atoms with van der Waals surface area (Å²) in [5.41, 5.74) is 0.504. The van der Waals surface area contributed by atoms with Crippen LogP contribution >= 0.6 is 0 Å². The van der Waals surface area contributed by atoms with Crippen molar-refractivity contribution in [2.45, 2.75) is 25.9 Å². The highest BCUT2D eigenvalue weighted by atomic mass is 19.1. The van der Waals surface area contributed by atoms with Crippen molar-refractivity contribution in [2.24, 2.45) is 0 Å². The molecule has 1 fully saturated rings. The van der Waals surface area contributed by atoms with Crippen LogP contribution in [0.5, 0.6) is 5.75 Å². The summed E-state index contributed by atoms with van der Waals surface area (Å²) in [6, 6.07) is 1.71. The largest absolute Gasteiger partial charge is 0.490 e. The van der Waals surface area contributed by atoms with E-state index in [-0.39, 0.29) is 0 Å². The molecule has 1 saturated carbocycles. The summed E-state index contributed by atoms with van der Waals surface area (Å²) in [6.07, 6.45) is 3.91. The smallest absolute Gasteiger partial charge is 0.219 e. The van der Waals surface area contributed by atoms with E-state index in [9.17, 15) is 4.39 Å². The number of rotatable bonds is 2. The predicted molar refractivity (Wildman–Crippen MR) is 42.6 cm³/mol. The number of ether oxygens (including phenoxy) is 1. The van der Waals surface area contributed by atoms with Gasteiger partial charge in [-0.1, -0.05) is 0 Å². The van der Waals surface area contributed by atoms with E-state index in [4.69, 9.17) is 4.74 Å². The van der Waals surface area contributed by atoms with E-state index in [2.05, 4.69) is 4.98 Å².